The molecule has 3 nitrogen and oxygen atoms in total. The normalized spacial score (nSPS) is 18.5. The van der Waals surface area contributed by atoms with Crippen molar-refractivity contribution in [2.75, 3.05) is 0 Å². The Bertz CT molecular complexity index is 448. The van der Waals surface area contributed by atoms with Crippen LogP contribution in [0.2, 0.25) is 0 Å². The van der Waals surface area contributed by atoms with Gasteiger partial charge in [0, 0.05) is 10.7 Å². The third-order valence-electron chi connectivity index (χ3n) is 2.72. The van der Waals surface area contributed by atoms with Crippen molar-refractivity contribution < 1.29 is 23.1 Å². The molecule has 0 bridgehead atoms. The van der Waals surface area contributed by atoms with Crippen LogP contribution in [0.3, 0.4) is 0 Å². The molecule has 0 radical (unpaired) electrons. The van der Waals surface area contributed by atoms with Gasteiger partial charge in [-0.1, -0.05) is 0 Å². The molecule has 0 spiro atoms. The van der Waals surface area contributed by atoms with Crippen LogP contribution in [0.25, 0.3) is 0 Å². The van der Waals surface area contributed by atoms with Crippen LogP contribution < -0.4 is 0 Å². The zero-order valence-electron chi connectivity index (χ0n) is 7.88. The van der Waals surface area contributed by atoms with E-state index in [-0.39, 0.29) is 18.5 Å². The molecule has 1 N–H and O–H groups in total. The van der Waals surface area contributed by atoms with Gasteiger partial charge in [-0.25, -0.2) is 4.79 Å². The molecule has 1 aliphatic rings. The van der Waals surface area contributed by atoms with E-state index in [0.29, 0.717) is 4.47 Å². The topological polar surface area (TPSA) is 42.2 Å². The van der Waals surface area contributed by atoms with Gasteiger partial charge in [-0.15, -0.1) is 0 Å². The molecule has 1 saturated carbocycles. The highest BCUT2D eigenvalue weighted by Gasteiger charge is 2.65. The first-order valence-electron chi connectivity index (χ1n) is 4.46. The van der Waals surface area contributed by atoms with Gasteiger partial charge in [0.15, 0.2) is 0 Å². The molecule has 1 fully saturated rings. The Morgan fingerprint density at radius 1 is 1.50 bits per heavy atom. The Morgan fingerprint density at radius 3 is 2.44 bits per heavy atom. The Morgan fingerprint density at radius 2 is 2.06 bits per heavy atom. The van der Waals surface area contributed by atoms with E-state index in [2.05, 4.69) is 15.9 Å². The van der Waals surface area contributed by atoms with E-state index in [4.69, 9.17) is 5.11 Å². The van der Waals surface area contributed by atoms with Crippen molar-refractivity contribution in [1.82, 2.24) is 4.57 Å². The molecule has 0 saturated heterocycles. The second-order valence-corrected chi connectivity index (χ2v) is 4.66. The molecule has 0 atom stereocenters. The number of aromatic nitrogens is 1. The third-order valence-corrected chi connectivity index (χ3v) is 3.15. The van der Waals surface area contributed by atoms with Crippen LogP contribution in [0.4, 0.5) is 13.2 Å². The summed E-state index contributed by atoms with van der Waals surface area (Å²) in [6, 6.07) is 1.17. The van der Waals surface area contributed by atoms with Gasteiger partial charge in [-0.05, 0) is 34.8 Å². The van der Waals surface area contributed by atoms with Crippen LogP contribution in [0, 0.1) is 0 Å². The zero-order valence-corrected chi connectivity index (χ0v) is 9.47. The van der Waals surface area contributed by atoms with Gasteiger partial charge in [0.2, 0.25) is 0 Å². The van der Waals surface area contributed by atoms with Gasteiger partial charge in [0.05, 0.1) is 0 Å². The maximum absolute atomic E-state index is 12.8. The van der Waals surface area contributed by atoms with Crippen LogP contribution in [-0.4, -0.2) is 21.8 Å². The summed E-state index contributed by atoms with van der Waals surface area (Å²) >= 11 is 2.99. The van der Waals surface area contributed by atoms with Crippen LogP contribution >= 0.6 is 15.9 Å². The minimum absolute atomic E-state index is 0.0715. The minimum Gasteiger partial charge on any atom is -0.477 e. The summed E-state index contributed by atoms with van der Waals surface area (Å²) in [5.74, 6) is -1.36. The van der Waals surface area contributed by atoms with Crippen molar-refractivity contribution in [2.24, 2.45) is 0 Å². The lowest BCUT2D eigenvalue weighted by Gasteiger charge is -2.22. The van der Waals surface area contributed by atoms with Crippen LogP contribution in [-0.2, 0) is 5.54 Å². The van der Waals surface area contributed by atoms with Crippen molar-refractivity contribution in [3.8, 4) is 0 Å². The summed E-state index contributed by atoms with van der Waals surface area (Å²) in [4.78, 5) is 10.8. The predicted octanol–water partition coefficient (Wildman–Crippen LogP) is 3.00. The Kier molecular flexibility index (Phi) is 2.34. The Balaban J connectivity index is 2.53. The highest BCUT2D eigenvalue weighted by Crippen LogP contribution is 2.56. The number of carboxylic acids is 1. The lowest BCUT2D eigenvalue weighted by atomic mass is 10.2. The largest absolute Gasteiger partial charge is 0.477 e. The summed E-state index contributed by atoms with van der Waals surface area (Å²) in [6.45, 7) is 0. The Labute approximate surface area is 97.0 Å². The molecule has 7 heteroatoms. The summed E-state index contributed by atoms with van der Waals surface area (Å²) < 4.78 is 39.6. The van der Waals surface area contributed by atoms with E-state index in [1.54, 1.807) is 0 Å². The first-order valence-corrected chi connectivity index (χ1v) is 5.26. The van der Waals surface area contributed by atoms with Crippen molar-refractivity contribution in [3.63, 3.8) is 0 Å². The highest BCUT2D eigenvalue weighted by atomic mass is 79.9. The van der Waals surface area contributed by atoms with Gasteiger partial charge in [0.1, 0.15) is 11.2 Å². The van der Waals surface area contributed by atoms with E-state index in [0.717, 1.165) is 4.57 Å². The molecule has 2 rings (SSSR count). The average molecular weight is 298 g/mol. The average Bonchev–Trinajstić information content (AvgIpc) is 2.84. The molecular weight excluding hydrogens is 291 g/mol. The fourth-order valence-electron chi connectivity index (χ4n) is 1.73. The fourth-order valence-corrected chi connectivity index (χ4v) is 2.15. The molecule has 0 amide bonds. The molecule has 0 aliphatic heterocycles. The molecule has 0 unspecified atom stereocenters. The summed E-state index contributed by atoms with van der Waals surface area (Å²) in [5.41, 5.74) is -2.37. The smallest absolute Gasteiger partial charge is 0.411 e. The number of alkyl halides is 3. The van der Waals surface area contributed by atoms with E-state index in [1.807, 2.05) is 0 Å². The lowest BCUT2D eigenvalue weighted by Crippen LogP contribution is -2.36. The van der Waals surface area contributed by atoms with Crippen molar-refractivity contribution in [1.29, 1.82) is 0 Å². The maximum Gasteiger partial charge on any atom is 0.411 e. The monoisotopic (exact) mass is 297 g/mol. The first kappa shape index (κ1) is 11.5. The van der Waals surface area contributed by atoms with Crippen LogP contribution in [0.15, 0.2) is 16.7 Å². The molecule has 1 aromatic heterocycles. The first-order chi connectivity index (χ1) is 7.28. The molecule has 88 valence electrons. The van der Waals surface area contributed by atoms with Crippen LogP contribution in [0.1, 0.15) is 23.3 Å². The van der Waals surface area contributed by atoms with Crippen molar-refractivity contribution in [3.05, 3.63) is 22.4 Å². The second kappa shape index (κ2) is 3.26. The summed E-state index contributed by atoms with van der Waals surface area (Å²) in [5, 5.41) is 8.83. The van der Waals surface area contributed by atoms with E-state index < -0.39 is 17.7 Å². The highest BCUT2D eigenvalue weighted by molar-refractivity contribution is 9.10. The molecular formula is C9H7BrF3NO2. The quantitative estimate of drug-likeness (QED) is 0.912. The Hall–Kier alpha value is -0.980. The van der Waals surface area contributed by atoms with Gasteiger partial charge >= 0.3 is 12.1 Å². The van der Waals surface area contributed by atoms with Crippen LogP contribution in [0.5, 0.6) is 0 Å². The number of aromatic carboxylic acids is 1. The molecule has 1 aromatic rings. The number of hydrogen-bond donors (Lipinski definition) is 1. The van der Waals surface area contributed by atoms with Gasteiger partial charge < -0.3 is 9.67 Å². The number of halogens is 4. The second-order valence-electron chi connectivity index (χ2n) is 3.75. The lowest BCUT2D eigenvalue weighted by molar-refractivity contribution is -0.180. The molecule has 0 aromatic carbocycles. The molecule has 1 aliphatic carbocycles. The van der Waals surface area contributed by atoms with E-state index in [9.17, 15) is 18.0 Å². The SMILES string of the molecule is O=C(O)c1cc(Br)cn1C1(C(F)(F)F)CC1. The third kappa shape index (κ3) is 1.53. The maximum atomic E-state index is 12.8. The molecule has 16 heavy (non-hydrogen) atoms. The zero-order chi connectivity index (χ0) is 12.1. The number of hydrogen-bond acceptors (Lipinski definition) is 1. The molecule has 1 heterocycles. The summed E-state index contributed by atoms with van der Waals surface area (Å²) in [7, 11) is 0. The van der Waals surface area contributed by atoms with Gasteiger partial charge in [-0.3, -0.25) is 0 Å². The number of carbonyl (C=O) groups is 1. The van der Waals surface area contributed by atoms with Crippen molar-refractivity contribution >= 4 is 21.9 Å². The van der Waals surface area contributed by atoms with E-state index in [1.165, 1.54) is 12.3 Å². The number of carboxylic acid groups (broad SMARTS) is 1. The standard InChI is InChI=1S/C9H7BrF3NO2/c10-5-3-6(7(15)16)14(4-5)8(1-2-8)9(11,12)13/h3-4H,1-2H2,(H,15,16). The van der Waals surface area contributed by atoms with E-state index >= 15 is 0 Å². The van der Waals surface area contributed by atoms with Gasteiger partial charge in [0.25, 0.3) is 0 Å². The number of nitrogens with zero attached hydrogens (tertiary/aromatic N) is 1. The predicted molar refractivity (Wildman–Crippen MR) is 52.4 cm³/mol. The summed E-state index contributed by atoms with van der Waals surface area (Å²) in [6.07, 6.45) is -3.39. The number of rotatable bonds is 2. The van der Waals surface area contributed by atoms with Crippen molar-refractivity contribution in [2.45, 2.75) is 24.6 Å². The van der Waals surface area contributed by atoms with Gasteiger partial charge in [-0.2, -0.15) is 13.2 Å². The fraction of sp³-hybridized carbons (Fsp3) is 0.444. The minimum atomic E-state index is -4.42.